The van der Waals surface area contributed by atoms with Gasteiger partial charge in [-0.15, -0.1) is 0 Å². The molecule has 0 heterocycles. The molecule has 0 aliphatic rings. The Kier molecular flexibility index (Phi) is 4.65. The summed E-state index contributed by atoms with van der Waals surface area (Å²) in [7, 11) is 0. The molecule has 5 heteroatoms. The first-order chi connectivity index (χ1) is 10.4. The summed E-state index contributed by atoms with van der Waals surface area (Å²) in [4.78, 5) is 11.6. The molecule has 0 saturated carbocycles. The first-order valence-electron chi connectivity index (χ1n) is 6.57. The van der Waals surface area contributed by atoms with Crippen molar-refractivity contribution in [2.75, 3.05) is 0 Å². The van der Waals surface area contributed by atoms with E-state index in [4.69, 9.17) is 0 Å². The fourth-order valence-corrected chi connectivity index (χ4v) is 2.07. The van der Waals surface area contributed by atoms with E-state index in [1.165, 1.54) is 12.1 Å². The maximum absolute atomic E-state index is 12.6. The zero-order valence-electron chi connectivity index (χ0n) is 11.6. The van der Waals surface area contributed by atoms with E-state index in [0.717, 1.165) is 23.8 Å². The van der Waals surface area contributed by atoms with Crippen LogP contribution in [0, 0.1) is 0 Å². The van der Waals surface area contributed by atoms with E-state index in [2.05, 4.69) is 11.9 Å². The minimum absolute atomic E-state index is 0.395. The molecular weight excluding hydrogens is 291 g/mol. The molecule has 1 amide bonds. The number of hydrogen-bond donors (Lipinski definition) is 1. The van der Waals surface area contributed by atoms with Crippen LogP contribution >= 0.6 is 0 Å². The van der Waals surface area contributed by atoms with Gasteiger partial charge in [-0.1, -0.05) is 49.0 Å². The van der Waals surface area contributed by atoms with Gasteiger partial charge in [-0.25, -0.2) is 0 Å². The molecule has 2 nitrogen and oxygen atoms in total. The van der Waals surface area contributed by atoms with Crippen LogP contribution in [0.5, 0.6) is 0 Å². The zero-order valence-corrected chi connectivity index (χ0v) is 11.6. The number of halogens is 3. The summed E-state index contributed by atoms with van der Waals surface area (Å²) in [6.07, 6.45) is -3.26. The molecule has 0 aliphatic heterocycles. The van der Waals surface area contributed by atoms with Gasteiger partial charge in [-0.05, 0) is 29.3 Å². The SMILES string of the molecule is C=CC(=O)NC(c1ccccc1)c1ccc(C(F)(F)F)cc1. The van der Waals surface area contributed by atoms with Crippen LogP contribution in [-0.2, 0) is 11.0 Å². The van der Waals surface area contributed by atoms with E-state index >= 15 is 0 Å². The third-order valence-electron chi connectivity index (χ3n) is 3.18. The van der Waals surface area contributed by atoms with Gasteiger partial charge >= 0.3 is 6.18 Å². The fourth-order valence-electron chi connectivity index (χ4n) is 2.07. The maximum atomic E-state index is 12.6. The van der Waals surface area contributed by atoms with Crippen LogP contribution in [0.15, 0.2) is 67.3 Å². The molecule has 0 bridgehead atoms. The lowest BCUT2D eigenvalue weighted by atomic mass is 9.97. The maximum Gasteiger partial charge on any atom is 0.416 e. The predicted molar refractivity (Wildman–Crippen MR) is 78.1 cm³/mol. The second-order valence-corrected chi connectivity index (χ2v) is 4.68. The Hall–Kier alpha value is -2.56. The van der Waals surface area contributed by atoms with Gasteiger partial charge < -0.3 is 5.32 Å². The number of nitrogens with one attached hydrogen (secondary N) is 1. The van der Waals surface area contributed by atoms with Gasteiger partial charge in [-0.3, -0.25) is 4.79 Å². The molecule has 1 N–H and O–H groups in total. The lowest BCUT2D eigenvalue weighted by molar-refractivity contribution is -0.137. The van der Waals surface area contributed by atoms with Gasteiger partial charge in [0.15, 0.2) is 0 Å². The monoisotopic (exact) mass is 305 g/mol. The lowest BCUT2D eigenvalue weighted by Gasteiger charge is -2.19. The van der Waals surface area contributed by atoms with Gasteiger partial charge in [0, 0.05) is 0 Å². The summed E-state index contributed by atoms with van der Waals surface area (Å²) in [6.45, 7) is 3.39. The third kappa shape index (κ3) is 3.75. The van der Waals surface area contributed by atoms with Crippen molar-refractivity contribution in [2.45, 2.75) is 12.2 Å². The molecule has 114 valence electrons. The summed E-state index contributed by atoms with van der Waals surface area (Å²) < 4.78 is 37.9. The van der Waals surface area contributed by atoms with E-state index < -0.39 is 23.7 Å². The molecule has 1 unspecified atom stereocenters. The topological polar surface area (TPSA) is 29.1 Å². The van der Waals surface area contributed by atoms with Crippen molar-refractivity contribution in [3.63, 3.8) is 0 Å². The molecule has 0 spiro atoms. The number of rotatable bonds is 4. The van der Waals surface area contributed by atoms with Crippen molar-refractivity contribution in [1.82, 2.24) is 5.32 Å². The molecule has 2 rings (SSSR count). The second-order valence-electron chi connectivity index (χ2n) is 4.68. The Balaban J connectivity index is 2.37. The van der Waals surface area contributed by atoms with Crippen molar-refractivity contribution < 1.29 is 18.0 Å². The largest absolute Gasteiger partial charge is 0.416 e. The van der Waals surface area contributed by atoms with Crippen molar-refractivity contribution >= 4 is 5.91 Å². The van der Waals surface area contributed by atoms with Crippen LogP contribution in [0.4, 0.5) is 13.2 Å². The molecule has 1 atom stereocenters. The van der Waals surface area contributed by atoms with Crippen molar-refractivity contribution in [2.24, 2.45) is 0 Å². The molecule has 0 aromatic heterocycles. The van der Waals surface area contributed by atoms with E-state index in [0.29, 0.717) is 5.56 Å². The van der Waals surface area contributed by atoms with Crippen LogP contribution in [-0.4, -0.2) is 5.91 Å². The van der Waals surface area contributed by atoms with Gasteiger partial charge in [0.25, 0.3) is 0 Å². The predicted octanol–water partition coefficient (Wildman–Crippen LogP) is 4.10. The van der Waals surface area contributed by atoms with Crippen LogP contribution in [0.2, 0.25) is 0 Å². The van der Waals surface area contributed by atoms with E-state index in [1.807, 2.05) is 6.07 Å². The average molecular weight is 305 g/mol. The summed E-state index contributed by atoms with van der Waals surface area (Å²) >= 11 is 0. The lowest BCUT2D eigenvalue weighted by Crippen LogP contribution is -2.27. The normalized spacial score (nSPS) is 12.5. The van der Waals surface area contributed by atoms with Crippen LogP contribution in [0.1, 0.15) is 22.7 Å². The summed E-state index contributed by atoms with van der Waals surface area (Å²) in [5.74, 6) is -0.395. The highest BCUT2D eigenvalue weighted by molar-refractivity contribution is 5.87. The molecule has 2 aromatic carbocycles. The highest BCUT2D eigenvalue weighted by atomic mass is 19.4. The zero-order chi connectivity index (χ0) is 16.2. The van der Waals surface area contributed by atoms with Gasteiger partial charge in [0.1, 0.15) is 0 Å². The minimum Gasteiger partial charge on any atom is -0.342 e. The van der Waals surface area contributed by atoms with Crippen molar-refractivity contribution in [3.05, 3.63) is 83.9 Å². The smallest absolute Gasteiger partial charge is 0.342 e. The number of hydrogen-bond acceptors (Lipinski definition) is 1. The van der Waals surface area contributed by atoms with Crippen molar-refractivity contribution in [3.8, 4) is 0 Å². The second kappa shape index (κ2) is 6.47. The Morgan fingerprint density at radius 3 is 2.05 bits per heavy atom. The highest BCUT2D eigenvalue weighted by Crippen LogP contribution is 2.31. The van der Waals surface area contributed by atoms with Crippen LogP contribution in [0.25, 0.3) is 0 Å². The number of amides is 1. The molecule has 22 heavy (non-hydrogen) atoms. The van der Waals surface area contributed by atoms with Crippen LogP contribution < -0.4 is 5.32 Å². The van der Waals surface area contributed by atoms with E-state index in [1.54, 1.807) is 24.3 Å². The van der Waals surface area contributed by atoms with Crippen LogP contribution in [0.3, 0.4) is 0 Å². The first kappa shape index (κ1) is 15.8. The quantitative estimate of drug-likeness (QED) is 0.847. The van der Waals surface area contributed by atoms with Gasteiger partial charge in [0.05, 0.1) is 11.6 Å². The van der Waals surface area contributed by atoms with Gasteiger partial charge in [0.2, 0.25) is 5.91 Å². The summed E-state index contributed by atoms with van der Waals surface area (Å²) in [5.41, 5.74) is 0.616. The Morgan fingerprint density at radius 1 is 1.00 bits per heavy atom. The van der Waals surface area contributed by atoms with Crippen molar-refractivity contribution in [1.29, 1.82) is 0 Å². The number of carbonyl (C=O) groups excluding carboxylic acids is 1. The number of benzene rings is 2. The van der Waals surface area contributed by atoms with E-state index in [9.17, 15) is 18.0 Å². The van der Waals surface area contributed by atoms with E-state index in [-0.39, 0.29) is 0 Å². The number of carbonyl (C=O) groups is 1. The highest BCUT2D eigenvalue weighted by Gasteiger charge is 2.30. The third-order valence-corrected chi connectivity index (χ3v) is 3.18. The average Bonchev–Trinajstić information content (AvgIpc) is 2.52. The van der Waals surface area contributed by atoms with Gasteiger partial charge in [-0.2, -0.15) is 13.2 Å². The molecule has 2 aromatic rings. The first-order valence-corrected chi connectivity index (χ1v) is 6.57. The Bertz CT molecular complexity index is 648. The minimum atomic E-state index is -4.38. The molecule has 0 radical (unpaired) electrons. The molecule has 0 fully saturated rings. The number of alkyl halides is 3. The molecule has 0 saturated heterocycles. The summed E-state index contributed by atoms with van der Waals surface area (Å²) in [6, 6.07) is 13.2. The molecule has 0 aliphatic carbocycles. The Labute approximate surface area is 126 Å². The molecular formula is C17H14F3NO. The standard InChI is InChI=1S/C17H14F3NO/c1-2-15(22)21-16(12-6-4-3-5-7-12)13-8-10-14(11-9-13)17(18,19)20/h2-11,16H,1H2,(H,21,22). The fraction of sp³-hybridized carbons (Fsp3) is 0.118. The Morgan fingerprint density at radius 2 is 1.55 bits per heavy atom. The summed E-state index contributed by atoms with van der Waals surface area (Å²) in [5, 5.41) is 2.72.